The summed E-state index contributed by atoms with van der Waals surface area (Å²) in [5, 5.41) is 25.9. The molecule has 12 nitrogen and oxygen atoms in total. The van der Waals surface area contributed by atoms with Crippen LogP contribution >= 0.6 is 0 Å². The third kappa shape index (κ3) is 7.17. The van der Waals surface area contributed by atoms with Crippen molar-refractivity contribution in [2.45, 2.75) is 18.8 Å². The fraction of sp³-hybridized carbons (Fsp3) is 0.344. The zero-order valence-electron chi connectivity index (χ0n) is 24.9. The predicted octanol–water partition coefficient (Wildman–Crippen LogP) is 4.37. The molecule has 1 aliphatic rings. The maximum Gasteiger partial charge on any atom is 0.325 e. The number of likely N-dealkylation sites (tertiary alicyclic amines) is 1. The van der Waals surface area contributed by atoms with Crippen LogP contribution in [0.3, 0.4) is 0 Å². The standard InChI is InChI=1S/C32H37N5O7/c1-33-32(40)36-12-8-25-19-29(28(21-27(25)36)43-18-17-42-2)44-26-7-11-34-30(20-26)35-31(39)24-5-3-22(4-6-24)23-9-13-37(41,14-10-23)15-16-38/h3-8,11-12,19-21,23,38,41H,9-10,13-18H2,1-2H3,(H-,33,34,35,39,40)/p+1. The number of rotatable bonds is 11. The molecule has 4 aromatic rings. The number of quaternary nitrogens is 1. The molecule has 5 rings (SSSR count). The van der Waals surface area contributed by atoms with E-state index in [1.165, 1.54) is 4.57 Å². The number of amides is 2. The number of aliphatic hydroxyl groups excluding tert-OH is 1. The summed E-state index contributed by atoms with van der Waals surface area (Å²) in [7, 11) is 3.15. The fourth-order valence-corrected chi connectivity index (χ4v) is 5.42. The molecule has 232 valence electrons. The van der Waals surface area contributed by atoms with E-state index in [-0.39, 0.29) is 29.8 Å². The van der Waals surface area contributed by atoms with Crippen molar-refractivity contribution in [3.63, 3.8) is 0 Å². The number of hydrogen-bond acceptors (Lipinski definition) is 8. The zero-order valence-corrected chi connectivity index (χ0v) is 24.9. The van der Waals surface area contributed by atoms with Gasteiger partial charge in [0.2, 0.25) is 0 Å². The lowest BCUT2D eigenvalue weighted by Crippen LogP contribution is -2.51. The Morgan fingerprint density at radius 1 is 1.05 bits per heavy atom. The lowest BCUT2D eigenvalue weighted by molar-refractivity contribution is -1.10. The van der Waals surface area contributed by atoms with Crippen molar-refractivity contribution in [3.05, 3.63) is 78.1 Å². The Balaban J connectivity index is 1.27. The minimum atomic E-state index is -0.306. The first-order chi connectivity index (χ1) is 21.3. The third-order valence-electron chi connectivity index (χ3n) is 7.88. The molecule has 2 aromatic carbocycles. The summed E-state index contributed by atoms with van der Waals surface area (Å²) in [4.78, 5) is 29.6. The Morgan fingerprint density at radius 3 is 2.52 bits per heavy atom. The summed E-state index contributed by atoms with van der Waals surface area (Å²) in [6.45, 7) is 2.14. The second-order valence-electron chi connectivity index (χ2n) is 10.8. The molecule has 1 saturated heterocycles. The second kappa shape index (κ2) is 13.9. The van der Waals surface area contributed by atoms with Gasteiger partial charge in [-0.2, -0.15) is 4.65 Å². The average molecular weight is 605 g/mol. The van der Waals surface area contributed by atoms with E-state index >= 15 is 0 Å². The largest absolute Gasteiger partial charge is 0.487 e. The SMILES string of the molecule is CNC(=O)n1ccc2cc(Oc3ccnc(NC(=O)c4ccc(C5CC[N+](O)(CCO)CC5)cc4)c3)c(OCCOC)cc21. The van der Waals surface area contributed by atoms with Crippen LogP contribution in [0.1, 0.15) is 34.7 Å². The van der Waals surface area contributed by atoms with Crippen LogP contribution in [-0.4, -0.2) is 90.1 Å². The molecule has 0 bridgehead atoms. The van der Waals surface area contributed by atoms with E-state index in [1.54, 1.807) is 62.9 Å². The number of nitrogens with one attached hydrogen (secondary N) is 2. The van der Waals surface area contributed by atoms with Crippen molar-refractivity contribution in [2.75, 3.05) is 58.9 Å². The quantitative estimate of drug-likeness (QED) is 0.146. The molecule has 0 radical (unpaired) electrons. The molecule has 44 heavy (non-hydrogen) atoms. The van der Waals surface area contributed by atoms with E-state index in [4.69, 9.17) is 14.2 Å². The summed E-state index contributed by atoms with van der Waals surface area (Å²) < 4.78 is 18.6. The number of pyridine rings is 1. The van der Waals surface area contributed by atoms with Gasteiger partial charge in [0.1, 0.15) is 37.8 Å². The minimum absolute atomic E-state index is 0.0376. The van der Waals surface area contributed by atoms with Crippen LogP contribution in [0, 0.1) is 0 Å². The van der Waals surface area contributed by atoms with Gasteiger partial charge < -0.3 is 30.0 Å². The summed E-state index contributed by atoms with van der Waals surface area (Å²) >= 11 is 0. The molecule has 1 fully saturated rings. The summed E-state index contributed by atoms with van der Waals surface area (Å²) in [5.74, 6) is 1.60. The minimum Gasteiger partial charge on any atom is -0.487 e. The number of hydroxylamine groups is 3. The topological polar surface area (TPSA) is 144 Å². The lowest BCUT2D eigenvalue weighted by Gasteiger charge is -2.36. The van der Waals surface area contributed by atoms with E-state index < -0.39 is 0 Å². The molecule has 3 heterocycles. The van der Waals surface area contributed by atoms with Crippen molar-refractivity contribution in [3.8, 4) is 17.2 Å². The molecule has 0 unspecified atom stereocenters. The summed E-state index contributed by atoms with van der Waals surface area (Å²) in [6.07, 6.45) is 4.83. The Bertz CT molecular complexity index is 1600. The Kier molecular flexibility index (Phi) is 9.75. The molecule has 1 aliphatic heterocycles. The highest BCUT2D eigenvalue weighted by Crippen LogP contribution is 2.37. The fourth-order valence-electron chi connectivity index (χ4n) is 5.42. The van der Waals surface area contributed by atoms with Crippen LogP contribution in [0.2, 0.25) is 0 Å². The number of aliphatic hydroxyl groups is 1. The van der Waals surface area contributed by atoms with Gasteiger partial charge in [-0.3, -0.25) is 9.36 Å². The molecular weight excluding hydrogens is 566 g/mol. The van der Waals surface area contributed by atoms with Gasteiger partial charge in [-0.15, -0.1) is 0 Å². The first-order valence-electron chi connectivity index (χ1n) is 14.6. The third-order valence-corrected chi connectivity index (χ3v) is 7.88. The van der Waals surface area contributed by atoms with E-state index in [0.717, 1.165) is 23.8 Å². The van der Waals surface area contributed by atoms with Gasteiger partial charge in [0.05, 0.1) is 18.7 Å². The molecule has 0 atom stereocenters. The van der Waals surface area contributed by atoms with E-state index in [0.29, 0.717) is 66.3 Å². The monoisotopic (exact) mass is 604 g/mol. The van der Waals surface area contributed by atoms with Crippen LogP contribution in [0.5, 0.6) is 17.2 Å². The number of nitrogens with zero attached hydrogens (tertiary/aromatic N) is 3. The van der Waals surface area contributed by atoms with Gasteiger partial charge >= 0.3 is 6.03 Å². The van der Waals surface area contributed by atoms with Crippen LogP contribution in [0.25, 0.3) is 10.9 Å². The number of carbonyl (C=O) groups excluding carboxylic acids is 2. The highest BCUT2D eigenvalue weighted by atomic mass is 16.5. The van der Waals surface area contributed by atoms with Crippen molar-refractivity contribution < 1.29 is 38.8 Å². The van der Waals surface area contributed by atoms with Gasteiger partial charge in [0.15, 0.2) is 11.5 Å². The molecule has 12 heteroatoms. The predicted molar refractivity (Wildman–Crippen MR) is 164 cm³/mol. The Morgan fingerprint density at radius 2 is 1.82 bits per heavy atom. The van der Waals surface area contributed by atoms with Crippen molar-refractivity contribution in [2.24, 2.45) is 0 Å². The normalized spacial score (nSPS) is 18.1. The summed E-state index contributed by atoms with van der Waals surface area (Å²) in [6, 6.07) is 15.8. The first-order valence-corrected chi connectivity index (χ1v) is 14.6. The number of hydrogen-bond donors (Lipinski definition) is 4. The second-order valence-corrected chi connectivity index (χ2v) is 10.8. The number of piperidine rings is 1. The smallest absolute Gasteiger partial charge is 0.325 e. The van der Waals surface area contributed by atoms with Crippen LogP contribution in [0.15, 0.2) is 67.0 Å². The molecule has 2 amide bonds. The molecular formula is C32H38N5O7+. The number of benzene rings is 2. The molecule has 2 aromatic heterocycles. The van der Waals surface area contributed by atoms with E-state index in [1.807, 2.05) is 18.2 Å². The van der Waals surface area contributed by atoms with Crippen LogP contribution in [0.4, 0.5) is 10.6 Å². The maximum atomic E-state index is 13.0. The average Bonchev–Trinajstić information content (AvgIpc) is 3.44. The van der Waals surface area contributed by atoms with Crippen molar-refractivity contribution in [1.82, 2.24) is 14.9 Å². The number of methoxy groups -OCH3 is 1. The highest BCUT2D eigenvalue weighted by Gasteiger charge is 2.33. The number of anilines is 1. The first kappa shape index (κ1) is 31.0. The molecule has 4 N–H and O–H groups in total. The van der Waals surface area contributed by atoms with Crippen LogP contribution < -0.4 is 20.1 Å². The van der Waals surface area contributed by atoms with Gasteiger partial charge in [-0.25, -0.2) is 15.0 Å². The van der Waals surface area contributed by atoms with Gasteiger partial charge in [-0.1, -0.05) is 12.1 Å². The lowest BCUT2D eigenvalue weighted by atomic mass is 9.88. The number of ether oxygens (including phenoxy) is 3. The summed E-state index contributed by atoms with van der Waals surface area (Å²) in [5.41, 5.74) is 2.27. The van der Waals surface area contributed by atoms with E-state index in [2.05, 4.69) is 15.6 Å². The van der Waals surface area contributed by atoms with E-state index in [9.17, 15) is 19.9 Å². The number of fused-ring (bicyclic) bond motifs is 1. The zero-order chi connectivity index (χ0) is 31.1. The van der Waals surface area contributed by atoms with Crippen molar-refractivity contribution >= 4 is 28.7 Å². The highest BCUT2D eigenvalue weighted by molar-refractivity contribution is 6.03. The van der Waals surface area contributed by atoms with Crippen molar-refractivity contribution in [1.29, 1.82) is 0 Å². The van der Waals surface area contributed by atoms with Gasteiger partial charge in [0, 0.05) is 62.5 Å². The number of aromatic nitrogens is 2. The Hall–Kier alpha value is -4.49. The molecule has 0 aliphatic carbocycles. The molecule has 0 spiro atoms. The number of carbonyl (C=O) groups is 2. The van der Waals surface area contributed by atoms with Gasteiger partial charge in [-0.05, 0) is 41.8 Å². The van der Waals surface area contributed by atoms with Gasteiger partial charge in [0.25, 0.3) is 5.91 Å². The maximum absolute atomic E-state index is 13.0. The van der Waals surface area contributed by atoms with Crippen LogP contribution in [-0.2, 0) is 4.74 Å². The Labute approximate surface area is 255 Å². The molecule has 0 saturated carbocycles.